The number of rotatable bonds is 3. The number of nitrogens with zero attached hydrogens (tertiary/aromatic N) is 1. The molecule has 0 bridgehead atoms. The molecule has 0 spiro atoms. The van der Waals surface area contributed by atoms with Crippen molar-refractivity contribution in [2.75, 3.05) is 6.54 Å². The van der Waals surface area contributed by atoms with E-state index in [9.17, 15) is 9.59 Å². The van der Waals surface area contributed by atoms with Crippen LogP contribution < -0.4 is 0 Å². The number of carbonyl (C=O) groups excluding carboxylic acids is 2. The van der Waals surface area contributed by atoms with E-state index in [2.05, 4.69) is 0 Å². The highest BCUT2D eigenvalue weighted by molar-refractivity contribution is 5.76. The Balaban J connectivity index is 2.62. The Morgan fingerprint density at radius 2 is 2.21 bits per heavy atom. The smallest absolute Gasteiger partial charge is 0.222 e. The minimum Gasteiger partial charge on any atom is -0.339 e. The average Bonchev–Trinajstić information content (AvgIpc) is 2.43. The number of hydrogen-bond donors (Lipinski definition) is 0. The van der Waals surface area contributed by atoms with E-state index < -0.39 is 0 Å². The molecule has 1 rings (SSSR count). The van der Waals surface area contributed by atoms with Gasteiger partial charge in [0.15, 0.2) is 0 Å². The second kappa shape index (κ2) is 5.78. The van der Waals surface area contributed by atoms with Crippen molar-refractivity contribution >= 4 is 12.2 Å². The highest BCUT2D eigenvalue weighted by Crippen LogP contribution is 2.19. The Morgan fingerprint density at radius 3 is 2.86 bits per heavy atom. The monoisotopic (exact) mass is 197 g/mol. The van der Waals surface area contributed by atoms with Gasteiger partial charge in [-0.3, -0.25) is 4.79 Å². The molecule has 1 unspecified atom stereocenters. The van der Waals surface area contributed by atoms with Gasteiger partial charge in [0.05, 0.1) is 0 Å². The first-order valence-corrected chi connectivity index (χ1v) is 5.52. The van der Waals surface area contributed by atoms with Crippen LogP contribution in [0.4, 0.5) is 0 Å². The molecular weight excluding hydrogens is 178 g/mol. The molecule has 0 aromatic carbocycles. The molecule has 1 aliphatic heterocycles. The largest absolute Gasteiger partial charge is 0.339 e. The minimum absolute atomic E-state index is 0.169. The second-order valence-corrected chi connectivity index (χ2v) is 3.85. The van der Waals surface area contributed by atoms with Crippen molar-refractivity contribution in [3.05, 3.63) is 0 Å². The zero-order chi connectivity index (χ0) is 10.4. The van der Waals surface area contributed by atoms with Crippen molar-refractivity contribution < 1.29 is 9.59 Å². The van der Waals surface area contributed by atoms with E-state index in [-0.39, 0.29) is 11.9 Å². The van der Waals surface area contributed by atoms with Crippen LogP contribution in [0, 0.1) is 0 Å². The molecule has 14 heavy (non-hydrogen) atoms. The van der Waals surface area contributed by atoms with Gasteiger partial charge in [0.1, 0.15) is 6.29 Å². The Kier molecular flexibility index (Phi) is 4.63. The van der Waals surface area contributed by atoms with Crippen molar-refractivity contribution in [3.8, 4) is 0 Å². The summed E-state index contributed by atoms with van der Waals surface area (Å²) in [5, 5.41) is 0. The van der Waals surface area contributed by atoms with Gasteiger partial charge in [0, 0.05) is 25.4 Å². The Morgan fingerprint density at radius 1 is 1.43 bits per heavy atom. The summed E-state index contributed by atoms with van der Waals surface area (Å²) >= 11 is 0. The molecule has 1 fully saturated rings. The van der Waals surface area contributed by atoms with Crippen LogP contribution in [0.1, 0.15) is 45.4 Å². The van der Waals surface area contributed by atoms with Crippen LogP contribution in [-0.2, 0) is 9.59 Å². The predicted molar refractivity (Wildman–Crippen MR) is 54.9 cm³/mol. The van der Waals surface area contributed by atoms with Crippen molar-refractivity contribution in [1.29, 1.82) is 0 Å². The SMILES string of the molecule is CCC(=O)N1CCCCCC1CC=O. The van der Waals surface area contributed by atoms with Gasteiger partial charge in [-0.05, 0) is 12.8 Å². The van der Waals surface area contributed by atoms with Gasteiger partial charge >= 0.3 is 0 Å². The zero-order valence-corrected chi connectivity index (χ0v) is 8.87. The summed E-state index contributed by atoms with van der Waals surface area (Å²) in [6.45, 7) is 2.72. The molecular formula is C11H19NO2. The summed E-state index contributed by atoms with van der Waals surface area (Å²) < 4.78 is 0. The standard InChI is InChI=1S/C11H19NO2/c1-2-11(14)12-8-5-3-4-6-10(12)7-9-13/h9-10H,2-8H2,1H3. The summed E-state index contributed by atoms with van der Waals surface area (Å²) in [5.74, 6) is 0.193. The first-order valence-electron chi connectivity index (χ1n) is 5.52. The molecule has 1 aliphatic rings. The van der Waals surface area contributed by atoms with Gasteiger partial charge in [-0.15, -0.1) is 0 Å². The molecule has 1 amide bonds. The molecule has 0 N–H and O–H groups in total. The second-order valence-electron chi connectivity index (χ2n) is 3.85. The minimum atomic E-state index is 0.169. The molecule has 1 atom stereocenters. The lowest BCUT2D eigenvalue weighted by Gasteiger charge is -2.28. The van der Waals surface area contributed by atoms with Crippen LogP contribution in [0.25, 0.3) is 0 Å². The van der Waals surface area contributed by atoms with Crippen molar-refractivity contribution in [2.45, 2.75) is 51.5 Å². The van der Waals surface area contributed by atoms with E-state index in [0.29, 0.717) is 12.8 Å². The van der Waals surface area contributed by atoms with Crippen LogP contribution in [0.2, 0.25) is 0 Å². The number of likely N-dealkylation sites (tertiary alicyclic amines) is 1. The van der Waals surface area contributed by atoms with Crippen LogP contribution in [-0.4, -0.2) is 29.7 Å². The third kappa shape index (κ3) is 2.82. The van der Waals surface area contributed by atoms with Crippen LogP contribution >= 0.6 is 0 Å². The van der Waals surface area contributed by atoms with Gasteiger partial charge < -0.3 is 9.69 Å². The highest BCUT2D eigenvalue weighted by atomic mass is 16.2. The van der Waals surface area contributed by atoms with Crippen LogP contribution in [0.3, 0.4) is 0 Å². The maximum atomic E-state index is 11.6. The summed E-state index contributed by atoms with van der Waals surface area (Å²) in [4.78, 5) is 24.0. The summed E-state index contributed by atoms with van der Waals surface area (Å²) in [5.41, 5.74) is 0. The van der Waals surface area contributed by atoms with Gasteiger partial charge in [0.25, 0.3) is 0 Å². The molecule has 1 saturated heterocycles. The summed E-state index contributed by atoms with van der Waals surface area (Å²) in [7, 11) is 0. The maximum Gasteiger partial charge on any atom is 0.222 e. The fraction of sp³-hybridized carbons (Fsp3) is 0.818. The fourth-order valence-electron chi connectivity index (χ4n) is 2.06. The molecule has 0 saturated carbocycles. The van der Waals surface area contributed by atoms with E-state index in [1.807, 2.05) is 11.8 Å². The molecule has 0 aromatic rings. The third-order valence-electron chi connectivity index (χ3n) is 2.87. The summed E-state index contributed by atoms with van der Waals surface area (Å²) in [6.07, 6.45) is 6.40. The zero-order valence-electron chi connectivity index (χ0n) is 8.87. The Bertz CT molecular complexity index is 203. The van der Waals surface area contributed by atoms with Gasteiger partial charge in [-0.2, -0.15) is 0 Å². The first-order chi connectivity index (χ1) is 6.79. The van der Waals surface area contributed by atoms with E-state index in [4.69, 9.17) is 0 Å². The van der Waals surface area contributed by atoms with Gasteiger partial charge in [-0.25, -0.2) is 0 Å². The number of amides is 1. The molecule has 3 nitrogen and oxygen atoms in total. The normalized spacial score (nSPS) is 22.9. The lowest BCUT2D eigenvalue weighted by Crippen LogP contribution is -2.39. The Hall–Kier alpha value is -0.860. The van der Waals surface area contributed by atoms with Crippen LogP contribution in [0.5, 0.6) is 0 Å². The predicted octanol–water partition coefficient (Wildman–Crippen LogP) is 1.76. The maximum absolute atomic E-state index is 11.6. The molecule has 3 heteroatoms. The molecule has 0 aliphatic carbocycles. The highest BCUT2D eigenvalue weighted by Gasteiger charge is 2.23. The van der Waals surface area contributed by atoms with E-state index >= 15 is 0 Å². The van der Waals surface area contributed by atoms with E-state index in [0.717, 1.165) is 32.1 Å². The van der Waals surface area contributed by atoms with E-state index in [1.165, 1.54) is 6.42 Å². The molecule has 1 heterocycles. The van der Waals surface area contributed by atoms with E-state index in [1.54, 1.807) is 0 Å². The van der Waals surface area contributed by atoms with Crippen molar-refractivity contribution in [3.63, 3.8) is 0 Å². The number of hydrogen-bond acceptors (Lipinski definition) is 2. The average molecular weight is 197 g/mol. The van der Waals surface area contributed by atoms with Crippen LogP contribution in [0.15, 0.2) is 0 Å². The van der Waals surface area contributed by atoms with Gasteiger partial charge in [0.2, 0.25) is 5.91 Å². The van der Waals surface area contributed by atoms with Gasteiger partial charge in [-0.1, -0.05) is 19.8 Å². The topological polar surface area (TPSA) is 37.4 Å². The summed E-state index contributed by atoms with van der Waals surface area (Å²) in [6, 6.07) is 0.169. The molecule has 0 aromatic heterocycles. The van der Waals surface area contributed by atoms with Crippen molar-refractivity contribution in [1.82, 2.24) is 4.90 Å². The first kappa shape index (κ1) is 11.2. The number of carbonyl (C=O) groups is 2. The molecule has 80 valence electrons. The third-order valence-corrected chi connectivity index (χ3v) is 2.87. The van der Waals surface area contributed by atoms with Crippen molar-refractivity contribution in [2.24, 2.45) is 0 Å². The Labute approximate surface area is 85.5 Å². The quantitative estimate of drug-likeness (QED) is 0.646. The fourth-order valence-corrected chi connectivity index (χ4v) is 2.06. The lowest BCUT2D eigenvalue weighted by atomic mass is 10.1. The number of aldehydes is 1. The lowest BCUT2D eigenvalue weighted by molar-refractivity contribution is -0.133. The molecule has 0 radical (unpaired) electrons.